The highest BCUT2D eigenvalue weighted by Gasteiger charge is 2.40. The first-order valence-corrected chi connectivity index (χ1v) is 8.80. The van der Waals surface area contributed by atoms with E-state index in [4.69, 9.17) is 9.47 Å². The molecule has 1 aromatic rings. The van der Waals surface area contributed by atoms with Crippen LogP contribution < -0.4 is 0 Å². The Labute approximate surface area is 136 Å². The number of benzene rings is 1. The fourth-order valence-corrected chi connectivity index (χ4v) is 3.80. The van der Waals surface area contributed by atoms with E-state index in [9.17, 15) is 4.79 Å². The monoisotopic (exact) mass is 321 g/mol. The molecule has 2 aliphatic rings. The van der Waals surface area contributed by atoms with Crippen LogP contribution in [-0.2, 0) is 9.47 Å². The number of hydrogen-bond donors (Lipinski definition) is 0. The Kier molecular flexibility index (Phi) is 4.76. The second-order valence-corrected chi connectivity index (χ2v) is 7.74. The first kappa shape index (κ1) is 15.8. The molecule has 2 heterocycles. The van der Waals surface area contributed by atoms with Gasteiger partial charge in [0.15, 0.2) is 5.79 Å². The summed E-state index contributed by atoms with van der Waals surface area (Å²) in [6.07, 6.45) is 1.53. The standard InChI is InChI=1S/C17H23NO3S/c1-13(2)22-15-5-3-14(4-6-15)16(19)18-9-7-17(8-10-18)20-11-12-21-17/h3-6,13H,7-12H2,1-2H3. The minimum absolute atomic E-state index is 0.106. The van der Waals surface area contributed by atoms with E-state index in [1.807, 2.05) is 40.9 Å². The molecule has 0 aromatic heterocycles. The molecular formula is C17H23NO3S. The van der Waals surface area contributed by atoms with Crippen molar-refractivity contribution < 1.29 is 14.3 Å². The molecule has 5 heteroatoms. The van der Waals surface area contributed by atoms with Gasteiger partial charge in [-0.15, -0.1) is 11.8 Å². The van der Waals surface area contributed by atoms with Gasteiger partial charge in [-0.05, 0) is 24.3 Å². The fourth-order valence-electron chi connectivity index (χ4n) is 2.97. The first-order chi connectivity index (χ1) is 10.6. The van der Waals surface area contributed by atoms with Crippen molar-refractivity contribution in [2.45, 2.75) is 42.6 Å². The van der Waals surface area contributed by atoms with Crippen molar-refractivity contribution in [1.82, 2.24) is 4.90 Å². The van der Waals surface area contributed by atoms with E-state index < -0.39 is 5.79 Å². The van der Waals surface area contributed by atoms with Crippen LogP contribution in [0.15, 0.2) is 29.2 Å². The summed E-state index contributed by atoms with van der Waals surface area (Å²) >= 11 is 1.81. The number of rotatable bonds is 3. The lowest BCUT2D eigenvalue weighted by Gasteiger charge is -2.37. The summed E-state index contributed by atoms with van der Waals surface area (Å²) in [7, 11) is 0. The van der Waals surface area contributed by atoms with Crippen LogP contribution in [0.5, 0.6) is 0 Å². The van der Waals surface area contributed by atoms with Crippen molar-refractivity contribution in [1.29, 1.82) is 0 Å². The van der Waals surface area contributed by atoms with Crippen molar-refractivity contribution in [3.8, 4) is 0 Å². The third-order valence-corrected chi connectivity index (χ3v) is 5.11. The third kappa shape index (κ3) is 3.47. The van der Waals surface area contributed by atoms with E-state index >= 15 is 0 Å². The topological polar surface area (TPSA) is 38.8 Å². The molecule has 2 fully saturated rings. The van der Waals surface area contributed by atoms with E-state index in [1.54, 1.807) is 0 Å². The number of carbonyl (C=O) groups is 1. The predicted molar refractivity (Wildman–Crippen MR) is 87.2 cm³/mol. The van der Waals surface area contributed by atoms with Crippen LogP contribution in [0.1, 0.15) is 37.0 Å². The number of thioether (sulfide) groups is 1. The highest BCUT2D eigenvalue weighted by molar-refractivity contribution is 7.99. The molecule has 0 aliphatic carbocycles. The lowest BCUT2D eigenvalue weighted by Crippen LogP contribution is -2.47. The van der Waals surface area contributed by atoms with Crippen molar-refractivity contribution in [2.75, 3.05) is 26.3 Å². The number of hydrogen-bond acceptors (Lipinski definition) is 4. The van der Waals surface area contributed by atoms with Crippen molar-refractivity contribution >= 4 is 17.7 Å². The smallest absolute Gasteiger partial charge is 0.253 e. The predicted octanol–water partition coefficient (Wildman–Crippen LogP) is 3.17. The average molecular weight is 321 g/mol. The molecule has 0 radical (unpaired) electrons. The van der Waals surface area contributed by atoms with Gasteiger partial charge in [0.2, 0.25) is 0 Å². The van der Waals surface area contributed by atoms with E-state index in [2.05, 4.69) is 13.8 Å². The maximum atomic E-state index is 12.6. The first-order valence-electron chi connectivity index (χ1n) is 7.92. The SMILES string of the molecule is CC(C)Sc1ccc(C(=O)N2CCC3(CC2)OCCO3)cc1. The van der Waals surface area contributed by atoms with Gasteiger partial charge in [0, 0.05) is 41.6 Å². The second kappa shape index (κ2) is 6.60. The van der Waals surface area contributed by atoms with Crippen LogP contribution in [-0.4, -0.2) is 48.1 Å². The molecule has 0 atom stereocenters. The molecule has 0 N–H and O–H groups in total. The summed E-state index contributed by atoms with van der Waals surface area (Å²) in [5, 5.41) is 0.547. The molecule has 2 aliphatic heterocycles. The Hall–Kier alpha value is -1.04. The van der Waals surface area contributed by atoms with Crippen molar-refractivity contribution in [3.63, 3.8) is 0 Å². The number of piperidine rings is 1. The summed E-state index contributed by atoms with van der Waals surface area (Å²) in [6.45, 7) is 7.06. The van der Waals surface area contributed by atoms with Gasteiger partial charge < -0.3 is 14.4 Å². The van der Waals surface area contributed by atoms with Gasteiger partial charge in [-0.3, -0.25) is 4.79 Å². The Morgan fingerprint density at radius 3 is 2.27 bits per heavy atom. The van der Waals surface area contributed by atoms with Crippen LogP contribution in [0.25, 0.3) is 0 Å². The van der Waals surface area contributed by atoms with E-state index in [1.165, 1.54) is 4.90 Å². The number of nitrogens with zero attached hydrogens (tertiary/aromatic N) is 1. The summed E-state index contributed by atoms with van der Waals surface area (Å²) < 4.78 is 11.4. The van der Waals surface area contributed by atoms with Gasteiger partial charge in [0.05, 0.1) is 13.2 Å². The van der Waals surface area contributed by atoms with E-state index in [0.717, 1.165) is 18.4 Å². The molecule has 120 valence electrons. The molecule has 1 spiro atoms. The summed E-state index contributed by atoms with van der Waals surface area (Å²) in [4.78, 5) is 15.7. The van der Waals surface area contributed by atoms with Crippen LogP contribution >= 0.6 is 11.8 Å². The summed E-state index contributed by atoms with van der Waals surface area (Å²) in [6, 6.07) is 7.93. The number of ether oxygens (including phenoxy) is 2. The van der Waals surface area contributed by atoms with Gasteiger partial charge in [-0.1, -0.05) is 13.8 Å². The number of amides is 1. The Morgan fingerprint density at radius 2 is 1.73 bits per heavy atom. The Balaban J connectivity index is 1.60. The van der Waals surface area contributed by atoms with Crippen LogP contribution in [0, 0.1) is 0 Å². The molecule has 22 heavy (non-hydrogen) atoms. The lowest BCUT2D eigenvalue weighted by molar-refractivity contribution is -0.181. The maximum Gasteiger partial charge on any atom is 0.253 e. The van der Waals surface area contributed by atoms with Crippen molar-refractivity contribution in [2.24, 2.45) is 0 Å². The highest BCUT2D eigenvalue weighted by atomic mass is 32.2. The molecule has 1 aromatic carbocycles. The molecule has 2 saturated heterocycles. The zero-order valence-electron chi connectivity index (χ0n) is 13.2. The van der Waals surface area contributed by atoms with Gasteiger partial charge >= 0.3 is 0 Å². The van der Waals surface area contributed by atoms with Crippen LogP contribution in [0.3, 0.4) is 0 Å². The van der Waals surface area contributed by atoms with Crippen LogP contribution in [0.4, 0.5) is 0 Å². The maximum absolute atomic E-state index is 12.6. The molecule has 0 saturated carbocycles. The molecule has 4 nitrogen and oxygen atoms in total. The van der Waals surface area contributed by atoms with Gasteiger partial charge in [0.1, 0.15) is 0 Å². The van der Waals surface area contributed by atoms with Gasteiger partial charge in [-0.25, -0.2) is 0 Å². The largest absolute Gasteiger partial charge is 0.347 e. The van der Waals surface area contributed by atoms with Crippen molar-refractivity contribution in [3.05, 3.63) is 29.8 Å². The molecular weight excluding hydrogens is 298 g/mol. The minimum Gasteiger partial charge on any atom is -0.347 e. The normalized spacial score (nSPS) is 20.8. The van der Waals surface area contributed by atoms with Gasteiger partial charge in [0.25, 0.3) is 5.91 Å². The quantitative estimate of drug-likeness (QED) is 0.802. The summed E-state index contributed by atoms with van der Waals surface area (Å²) in [5.74, 6) is -0.317. The Bertz CT molecular complexity index is 513. The van der Waals surface area contributed by atoms with Gasteiger partial charge in [-0.2, -0.15) is 0 Å². The second-order valence-electron chi connectivity index (χ2n) is 6.09. The molecule has 0 unspecified atom stereocenters. The lowest BCUT2D eigenvalue weighted by atomic mass is 10.0. The number of carbonyl (C=O) groups excluding carboxylic acids is 1. The minimum atomic E-state index is -0.422. The molecule has 3 rings (SSSR count). The average Bonchev–Trinajstić information content (AvgIpc) is 2.96. The third-order valence-electron chi connectivity index (χ3n) is 4.10. The summed E-state index contributed by atoms with van der Waals surface area (Å²) in [5.41, 5.74) is 0.761. The van der Waals surface area contributed by atoms with Crippen LogP contribution in [0.2, 0.25) is 0 Å². The molecule has 0 bridgehead atoms. The number of likely N-dealkylation sites (tertiary alicyclic amines) is 1. The zero-order valence-corrected chi connectivity index (χ0v) is 14.0. The highest BCUT2D eigenvalue weighted by Crippen LogP contribution is 2.32. The molecule has 1 amide bonds. The Morgan fingerprint density at radius 1 is 1.14 bits per heavy atom. The van der Waals surface area contributed by atoms with E-state index in [0.29, 0.717) is 31.6 Å². The zero-order chi connectivity index (χ0) is 15.6. The van der Waals surface area contributed by atoms with E-state index in [-0.39, 0.29) is 5.91 Å². The fraction of sp³-hybridized carbons (Fsp3) is 0.588.